The molecule has 3 heterocycles. The van der Waals surface area contributed by atoms with Gasteiger partial charge in [0.2, 0.25) is 21.8 Å². The molecule has 4 amide bonds. The zero-order valence-electron chi connectivity index (χ0n) is 34.9. The molecule has 58 heavy (non-hydrogen) atoms. The van der Waals surface area contributed by atoms with E-state index in [-0.39, 0.29) is 36.8 Å². The van der Waals surface area contributed by atoms with Crippen LogP contribution in [0.4, 0.5) is 4.79 Å². The number of carbonyl (C=O) groups excluding carboxylic acids is 4. The average molecular weight is 821 g/mol. The third kappa shape index (κ3) is 8.59. The van der Waals surface area contributed by atoms with Crippen molar-refractivity contribution < 1.29 is 41.8 Å². The first-order valence-corrected chi connectivity index (χ1v) is 22.3. The lowest BCUT2D eigenvalue weighted by Gasteiger charge is -2.36. The number of fused-ring (bicyclic) bond motifs is 12. The Bertz CT molecular complexity index is 2040. The predicted molar refractivity (Wildman–Crippen MR) is 218 cm³/mol. The van der Waals surface area contributed by atoms with E-state index in [1.54, 1.807) is 14.2 Å². The van der Waals surface area contributed by atoms with E-state index in [1.807, 2.05) is 51.1 Å². The number of nitrogens with one attached hydrogen (secondary N) is 3. The van der Waals surface area contributed by atoms with Crippen LogP contribution < -0.4 is 20.1 Å². The fourth-order valence-corrected chi connectivity index (χ4v) is 10.4. The Labute approximate surface area is 342 Å². The molecule has 2 aromatic carbocycles. The highest BCUT2D eigenvalue weighted by Crippen LogP contribution is 2.57. The van der Waals surface area contributed by atoms with Crippen LogP contribution in [0, 0.1) is 22.7 Å². The molecule has 1 saturated heterocycles. The zero-order chi connectivity index (χ0) is 41.8. The number of methoxy groups -OCH3 is 2. The molecule has 0 unspecified atom stereocenters. The summed E-state index contributed by atoms with van der Waals surface area (Å²) in [5, 5.41) is 5.21. The van der Waals surface area contributed by atoms with Gasteiger partial charge in [0.15, 0.2) is 0 Å². The molecule has 3 N–H and O–H groups in total. The van der Waals surface area contributed by atoms with Crippen LogP contribution in [0.5, 0.6) is 5.75 Å². The van der Waals surface area contributed by atoms with Gasteiger partial charge in [-0.2, -0.15) is 0 Å². The van der Waals surface area contributed by atoms with Gasteiger partial charge in [0.05, 0.1) is 25.5 Å². The van der Waals surface area contributed by atoms with E-state index in [0.29, 0.717) is 25.7 Å². The molecule has 3 aliphatic heterocycles. The van der Waals surface area contributed by atoms with Gasteiger partial charge in [0.25, 0.3) is 5.91 Å². The summed E-state index contributed by atoms with van der Waals surface area (Å²) in [6.45, 7) is 9.95. The van der Waals surface area contributed by atoms with Crippen molar-refractivity contribution in [3.63, 3.8) is 0 Å². The van der Waals surface area contributed by atoms with Gasteiger partial charge in [-0.3, -0.25) is 19.1 Å². The Morgan fingerprint density at radius 2 is 1.67 bits per heavy atom. The summed E-state index contributed by atoms with van der Waals surface area (Å²) in [5.74, 6) is -1.04. The lowest BCUT2D eigenvalue weighted by molar-refractivity contribution is -0.143. The van der Waals surface area contributed by atoms with E-state index in [2.05, 4.69) is 41.3 Å². The number of rotatable bonds is 8. The number of hydrogen-bond acceptors (Lipinski definition) is 9. The maximum Gasteiger partial charge on any atom is 0.407 e. The van der Waals surface area contributed by atoms with Gasteiger partial charge in [-0.25, -0.2) is 13.2 Å². The summed E-state index contributed by atoms with van der Waals surface area (Å²) < 4.78 is 45.7. The molecule has 0 spiro atoms. The van der Waals surface area contributed by atoms with Gasteiger partial charge in [-0.15, -0.1) is 0 Å². The Balaban J connectivity index is 1.26. The van der Waals surface area contributed by atoms with Gasteiger partial charge in [-0.05, 0) is 115 Å². The summed E-state index contributed by atoms with van der Waals surface area (Å²) in [6.07, 6.45) is 5.64. The van der Waals surface area contributed by atoms with Crippen molar-refractivity contribution in [1.82, 2.24) is 20.3 Å². The SMILES string of the molecule is COc1ccc2c(c1)CCCC(C)(C)CCOC(=O)N[C@@H](C(C)(C)C)C(=O)N1C[C@@](OC)(C[C@H]1C(=O)N[C@]1(C(=O)NS(=O)(=O)C3CC3)C[C@@H]1C1CC1)c1ccc-2cc1. The van der Waals surface area contributed by atoms with Crippen molar-refractivity contribution in [3.8, 4) is 16.9 Å². The van der Waals surface area contributed by atoms with Crippen molar-refractivity contribution in [2.45, 2.75) is 127 Å². The van der Waals surface area contributed by atoms with Crippen molar-refractivity contribution in [3.05, 3.63) is 53.6 Å². The number of aryl methyl sites for hydroxylation is 1. The monoisotopic (exact) mass is 820 g/mol. The topological polar surface area (TPSA) is 169 Å². The maximum absolute atomic E-state index is 14.9. The van der Waals surface area contributed by atoms with Crippen molar-refractivity contribution in [1.29, 1.82) is 0 Å². The number of hydrogen-bond donors (Lipinski definition) is 3. The van der Waals surface area contributed by atoms with Crippen LogP contribution in [0.25, 0.3) is 11.1 Å². The number of nitrogens with zero attached hydrogens (tertiary/aromatic N) is 1. The van der Waals surface area contributed by atoms with E-state index >= 15 is 0 Å². The second kappa shape index (κ2) is 15.5. The molecule has 14 heteroatoms. The number of amides is 4. The first-order chi connectivity index (χ1) is 27.3. The number of ether oxygens (including phenoxy) is 3. The van der Waals surface area contributed by atoms with E-state index < -0.39 is 67.7 Å². The summed E-state index contributed by atoms with van der Waals surface area (Å²) in [7, 11) is -0.664. The highest BCUT2D eigenvalue weighted by Gasteiger charge is 2.67. The minimum atomic E-state index is -3.87. The Hall–Kier alpha value is -4.17. The zero-order valence-corrected chi connectivity index (χ0v) is 35.8. The smallest absolute Gasteiger partial charge is 0.407 e. The molecule has 0 radical (unpaired) electrons. The largest absolute Gasteiger partial charge is 0.497 e. The first kappa shape index (κ1) is 42.0. The molecule has 6 aliphatic rings. The summed E-state index contributed by atoms with van der Waals surface area (Å²) in [5.41, 5.74) is 0.493. The third-order valence-electron chi connectivity index (χ3n) is 13.2. The van der Waals surface area contributed by atoms with Crippen molar-refractivity contribution in [2.24, 2.45) is 22.7 Å². The predicted octanol–water partition coefficient (Wildman–Crippen LogP) is 5.59. The molecular formula is C44H60N4O9S. The van der Waals surface area contributed by atoms with Crippen molar-refractivity contribution in [2.75, 3.05) is 27.4 Å². The summed E-state index contributed by atoms with van der Waals surface area (Å²) in [6, 6.07) is 11.9. The molecule has 0 aromatic heterocycles. The molecule has 4 bridgehead atoms. The minimum Gasteiger partial charge on any atom is -0.497 e. The Morgan fingerprint density at radius 3 is 2.29 bits per heavy atom. The number of carbonyl (C=O) groups is 4. The quantitative estimate of drug-likeness (QED) is 0.307. The highest BCUT2D eigenvalue weighted by molar-refractivity contribution is 7.91. The number of benzene rings is 2. The Kier molecular flexibility index (Phi) is 11.2. The lowest BCUT2D eigenvalue weighted by Crippen LogP contribution is -2.60. The molecule has 3 aliphatic carbocycles. The van der Waals surface area contributed by atoms with Gasteiger partial charge in [0.1, 0.15) is 29.0 Å². The molecular weight excluding hydrogens is 761 g/mol. The van der Waals surface area contributed by atoms with Gasteiger partial charge in [0, 0.05) is 13.5 Å². The van der Waals surface area contributed by atoms with E-state index in [4.69, 9.17) is 14.2 Å². The molecule has 316 valence electrons. The molecule has 13 nitrogen and oxygen atoms in total. The first-order valence-electron chi connectivity index (χ1n) is 20.8. The molecule has 4 fully saturated rings. The van der Waals surface area contributed by atoms with E-state index in [0.717, 1.165) is 60.1 Å². The van der Waals surface area contributed by atoms with Crippen LogP contribution in [0.1, 0.15) is 104 Å². The summed E-state index contributed by atoms with van der Waals surface area (Å²) >= 11 is 0. The fourth-order valence-electron chi connectivity index (χ4n) is 9.03. The van der Waals surface area contributed by atoms with Crippen LogP contribution in [0.2, 0.25) is 0 Å². The molecule has 8 rings (SSSR count). The lowest BCUT2D eigenvalue weighted by atomic mass is 9.83. The van der Waals surface area contributed by atoms with Crippen LogP contribution in [-0.2, 0) is 45.9 Å². The van der Waals surface area contributed by atoms with Gasteiger partial charge >= 0.3 is 6.09 Å². The molecule has 2 aromatic rings. The fraction of sp³-hybridized carbons (Fsp3) is 0.636. The number of sulfonamides is 1. The normalized spacial score (nSPS) is 29.1. The highest BCUT2D eigenvalue weighted by atomic mass is 32.2. The third-order valence-corrected chi connectivity index (χ3v) is 15.0. The van der Waals surface area contributed by atoms with Crippen LogP contribution in [0.15, 0.2) is 42.5 Å². The average Bonchev–Trinajstić information content (AvgIpc) is 4.04. The summed E-state index contributed by atoms with van der Waals surface area (Å²) in [4.78, 5) is 58.4. The second-order valence-corrected chi connectivity index (χ2v) is 21.1. The second-order valence-electron chi connectivity index (χ2n) is 19.1. The van der Waals surface area contributed by atoms with E-state index in [1.165, 1.54) is 4.90 Å². The van der Waals surface area contributed by atoms with Crippen LogP contribution in [0.3, 0.4) is 0 Å². The standard InChI is InChI=1S/C44H60N4O9S/c1-41(2,3)36-38(50)48-26-43(56-7,25-35(48)37(49)46-44(24-34(44)28-10-11-28)39(51)47-58(53,54)32-17-18-32)30-14-12-27(13-15-30)33-19-16-31(55-6)23-29(33)9-8-20-42(4,5)21-22-57-40(52)45-36/h12-16,19,23,28,32,34-36H,8-11,17-18,20-22,24-26H2,1-7H3,(H,45,52)(H,46,49)(H,47,51)/t34-,35+,36-,43+,44-/m1/s1. The molecule has 5 atom stereocenters. The van der Waals surface area contributed by atoms with E-state index in [9.17, 15) is 27.6 Å². The minimum absolute atomic E-state index is 0.0215. The number of alkyl carbamates (subject to hydrolysis) is 1. The maximum atomic E-state index is 14.9. The van der Waals surface area contributed by atoms with Crippen LogP contribution in [-0.4, -0.2) is 87.4 Å². The Morgan fingerprint density at radius 1 is 0.966 bits per heavy atom. The molecule has 3 saturated carbocycles. The van der Waals surface area contributed by atoms with Gasteiger partial charge < -0.3 is 29.7 Å². The van der Waals surface area contributed by atoms with Crippen molar-refractivity contribution >= 4 is 33.8 Å². The van der Waals surface area contributed by atoms with Crippen LogP contribution >= 0.6 is 0 Å². The van der Waals surface area contributed by atoms with Gasteiger partial charge in [-0.1, -0.05) is 65.0 Å².